The highest BCUT2D eigenvalue weighted by atomic mass is 79.9. The van der Waals surface area contributed by atoms with Crippen molar-refractivity contribution in [3.63, 3.8) is 0 Å². The van der Waals surface area contributed by atoms with Crippen LogP contribution >= 0.6 is 15.9 Å². The van der Waals surface area contributed by atoms with Gasteiger partial charge in [0.25, 0.3) is 0 Å². The van der Waals surface area contributed by atoms with Crippen molar-refractivity contribution in [2.24, 2.45) is 5.92 Å². The van der Waals surface area contributed by atoms with Crippen molar-refractivity contribution < 1.29 is 14.6 Å². The van der Waals surface area contributed by atoms with Gasteiger partial charge in [0.05, 0.1) is 19.3 Å². The summed E-state index contributed by atoms with van der Waals surface area (Å²) in [4.78, 5) is 15.5. The lowest BCUT2D eigenvalue weighted by Crippen LogP contribution is -2.33. The first-order valence-electron chi connectivity index (χ1n) is 6.27. The summed E-state index contributed by atoms with van der Waals surface area (Å²) in [6.45, 7) is 0.616. The number of nitrogens with zero attached hydrogens (tertiary/aromatic N) is 1. The van der Waals surface area contributed by atoms with E-state index in [2.05, 4.69) is 26.2 Å². The van der Waals surface area contributed by atoms with E-state index in [9.17, 15) is 9.90 Å². The molecule has 2 aromatic rings. The minimum absolute atomic E-state index is 0.238. The number of rotatable bonds is 3. The number of carboxylic acids is 1. The van der Waals surface area contributed by atoms with Crippen molar-refractivity contribution in [2.75, 3.05) is 18.5 Å². The highest BCUT2D eigenvalue weighted by Gasteiger charge is 2.34. The molecular formula is C14H13BrN2O3. The summed E-state index contributed by atoms with van der Waals surface area (Å²) in [5.74, 6) is -0.703. The van der Waals surface area contributed by atoms with Gasteiger partial charge in [0.1, 0.15) is 11.7 Å². The normalized spacial score (nSPS) is 22.1. The number of ether oxygens (including phenoxy) is 1. The van der Waals surface area contributed by atoms with Crippen molar-refractivity contribution in [1.82, 2.24) is 4.98 Å². The van der Waals surface area contributed by atoms with Gasteiger partial charge in [-0.3, -0.25) is 4.79 Å². The topological polar surface area (TPSA) is 71.5 Å². The standard InChI is InChI=1S/C14H13BrN2O3/c15-11-3-1-2-9-8(11)4-5-16-13(9)17-12-7-20-6-10(12)14(18)19/h1-5,10,12H,6-7H2,(H,16,17)(H,18,19). The second-order valence-electron chi connectivity index (χ2n) is 4.73. The summed E-state index contributed by atoms with van der Waals surface area (Å²) in [5.41, 5.74) is 0. The van der Waals surface area contributed by atoms with Gasteiger partial charge in [-0.25, -0.2) is 4.98 Å². The Labute approximate surface area is 124 Å². The van der Waals surface area contributed by atoms with Crippen molar-refractivity contribution >= 4 is 38.5 Å². The van der Waals surface area contributed by atoms with Gasteiger partial charge in [-0.2, -0.15) is 0 Å². The average Bonchev–Trinajstić information content (AvgIpc) is 2.88. The molecule has 2 unspecified atom stereocenters. The molecule has 0 spiro atoms. The number of anilines is 1. The highest BCUT2D eigenvalue weighted by molar-refractivity contribution is 9.10. The van der Waals surface area contributed by atoms with Crippen molar-refractivity contribution in [2.45, 2.75) is 6.04 Å². The summed E-state index contributed by atoms with van der Waals surface area (Å²) in [7, 11) is 0. The zero-order valence-corrected chi connectivity index (χ0v) is 12.1. The Balaban J connectivity index is 1.95. The average molecular weight is 337 g/mol. The number of benzene rings is 1. The Morgan fingerprint density at radius 1 is 1.35 bits per heavy atom. The fraction of sp³-hybridized carbons (Fsp3) is 0.286. The number of hydrogen-bond donors (Lipinski definition) is 2. The molecule has 0 radical (unpaired) electrons. The summed E-state index contributed by atoms with van der Waals surface area (Å²) in [5, 5.41) is 14.4. The molecule has 1 aromatic heterocycles. The molecule has 2 heterocycles. The molecule has 104 valence electrons. The van der Waals surface area contributed by atoms with Gasteiger partial charge in [0.15, 0.2) is 0 Å². The van der Waals surface area contributed by atoms with Crippen LogP contribution in [0.2, 0.25) is 0 Å². The minimum atomic E-state index is -0.846. The number of aromatic nitrogens is 1. The number of aliphatic carboxylic acids is 1. The second-order valence-corrected chi connectivity index (χ2v) is 5.58. The van der Waals surface area contributed by atoms with Gasteiger partial charge in [-0.1, -0.05) is 28.1 Å². The molecule has 2 atom stereocenters. The Morgan fingerprint density at radius 3 is 3.00 bits per heavy atom. The molecule has 1 aromatic carbocycles. The van der Waals surface area contributed by atoms with Gasteiger partial charge in [0, 0.05) is 21.4 Å². The summed E-state index contributed by atoms with van der Waals surface area (Å²) in [6, 6.07) is 7.51. The van der Waals surface area contributed by atoms with Crippen LogP contribution in [0.15, 0.2) is 34.9 Å². The fourth-order valence-corrected chi connectivity index (χ4v) is 2.90. The molecule has 0 bridgehead atoms. The Morgan fingerprint density at radius 2 is 2.20 bits per heavy atom. The van der Waals surface area contributed by atoms with Crippen LogP contribution in [-0.4, -0.2) is 35.3 Å². The Hall–Kier alpha value is -1.66. The van der Waals surface area contributed by atoms with Crippen molar-refractivity contribution in [1.29, 1.82) is 0 Å². The lowest BCUT2D eigenvalue weighted by atomic mass is 10.0. The van der Waals surface area contributed by atoms with Crippen LogP contribution in [0, 0.1) is 5.92 Å². The molecule has 5 nitrogen and oxygen atoms in total. The van der Waals surface area contributed by atoms with Crippen LogP contribution in [0.25, 0.3) is 10.8 Å². The van der Waals surface area contributed by atoms with E-state index < -0.39 is 11.9 Å². The quantitative estimate of drug-likeness (QED) is 0.901. The Bertz CT molecular complexity index is 662. The van der Waals surface area contributed by atoms with Crippen LogP contribution in [0.3, 0.4) is 0 Å². The smallest absolute Gasteiger partial charge is 0.311 e. The number of pyridine rings is 1. The fourth-order valence-electron chi connectivity index (χ4n) is 2.40. The molecule has 6 heteroatoms. The molecule has 20 heavy (non-hydrogen) atoms. The maximum Gasteiger partial charge on any atom is 0.311 e. The number of fused-ring (bicyclic) bond motifs is 1. The molecule has 1 fully saturated rings. The molecular weight excluding hydrogens is 324 g/mol. The predicted molar refractivity (Wildman–Crippen MR) is 78.8 cm³/mol. The number of carbonyl (C=O) groups is 1. The summed E-state index contributed by atoms with van der Waals surface area (Å²) in [6.07, 6.45) is 1.71. The van der Waals surface area contributed by atoms with Gasteiger partial charge in [0.2, 0.25) is 0 Å². The molecule has 2 N–H and O–H groups in total. The van der Waals surface area contributed by atoms with E-state index in [-0.39, 0.29) is 12.6 Å². The minimum Gasteiger partial charge on any atom is -0.481 e. The first-order chi connectivity index (χ1) is 9.66. The van der Waals surface area contributed by atoms with Crippen LogP contribution in [-0.2, 0) is 9.53 Å². The molecule has 1 aliphatic rings. The first-order valence-corrected chi connectivity index (χ1v) is 7.06. The zero-order valence-electron chi connectivity index (χ0n) is 10.5. The maximum atomic E-state index is 11.2. The number of carboxylic acid groups (broad SMARTS) is 1. The molecule has 3 rings (SSSR count). The van der Waals surface area contributed by atoms with E-state index in [1.54, 1.807) is 6.20 Å². The van der Waals surface area contributed by atoms with Crippen LogP contribution < -0.4 is 5.32 Å². The highest BCUT2D eigenvalue weighted by Crippen LogP contribution is 2.29. The van der Waals surface area contributed by atoms with Gasteiger partial charge >= 0.3 is 5.97 Å². The van der Waals surface area contributed by atoms with E-state index in [1.807, 2.05) is 24.3 Å². The second kappa shape index (κ2) is 5.38. The molecule has 0 aliphatic carbocycles. The molecule has 0 saturated carbocycles. The van der Waals surface area contributed by atoms with Crippen LogP contribution in [0.5, 0.6) is 0 Å². The first kappa shape index (κ1) is 13.3. The largest absolute Gasteiger partial charge is 0.481 e. The lowest BCUT2D eigenvalue weighted by Gasteiger charge is -2.17. The molecule has 1 saturated heterocycles. The van der Waals surface area contributed by atoms with E-state index in [1.165, 1.54) is 0 Å². The van der Waals surface area contributed by atoms with Gasteiger partial charge in [-0.05, 0) is 12.1 Å². The summed E-state index contributed by atoms with van der Waals surface area (Å²) < 4.78 is 6.24. The third-order valence-corrected chi connectivity index (χ3v) is 4.16. The maximum absolute atomic E-state index is 11.2. The number of nitrogens with one attached hydrogen (secondary N) is 1. The monoisotopic (exact) mass is 336 g/mol. The van der Waals surface area contributed by atoms with Crippen molar-refractivity contribution in [3.8, 4) is 0 Å². The molecule has 0 amide bonds. The van der Waals surface area contributed by atoms with Gasteiger partial charge < -0.3 is 15.2 Å². The third kappa shape index (κ3) is 2.36. The van der Waals surface area contributed by atoms with E-state index in [0.29, 0.717) is 12.4 Å². The van der Waals surface area contributed by atoms with Crippen molar-refractivity contribution in [3.05, 3.63) is 34.9 Å². The van der Waals surface area contributed by atoms with E-state index in [4.69, 9.17) is 4.74 Å². The SMILES string of the molecule is O=C(O)C1COCC1Nc1nccc2c(Br)cccc12. The lowest BCUT2D eigenvalue weighted by molar-refractivity contribution is -0.141. The van der Waals surface area contributed by atoms with E-state index >= 15 is 0 Å². The predicted octanol–water partition coefficient (Wildman–Crippen LogP) is 2.51. The van der Waals surface area contributed by atoms with Gasteiger partial charge in [-0.15, -0.1) is 0 Å². The zero-order chi connectivity index (χ0) is 14.1. The van der Waals surface area contributed by atoms with Crippen LogP contribution in [0.4, 0.5) is 5.82 Å². The molecule has 1 aliphatic heterocycles. The Kier molecular flexibility index (Phi) is 3.58. The number of halogens is 1. The third-order valence-electron chi connectivity index (χ3n) is 3.47. The van der Waals surface area contributed by atoms with Crippen LogP contribution in [0.1, 0.15) is 0 Å². The van der Waals surface area contributed by atoms with E-state index in [0.717, 1.165) is 15.2 Å². The summed E-state index contributed by atoms with van der Waals surface area (Å²) >= 11 is 3.50. The number of hydrogen-bond acceptors (Lipinski definition) is 4.